The quantitative estimate of drug-likeness (QED) is 0.358. The second-order valence-electron chi connectivity index (χ2n) is 6.97. The topological polar surface area (TPSA) is 90.7 Å². The predicted molar refractivity (Wildman–Crippen MR) is 121 cm³/mol. The number of amides is 1. The van der Waals surface area contributed by atoms with Gasteiger partial charge in [-0.15, -0.1) is 11.3 Å². The number of furan rings is 1. The first kappa shape index (κ1) is 22.2. The predicted octanol–water partition coefficient (Wildman–Crippen LogP) is 5.23. The molecule has 9 heteroatoms. The molecule has 0 aliphatic rings. The van der Waals surface area contributed by atoms with Crippen molar-refractivity contribution < 1.29 is 27.9 Å². The van der Waals surface area contributed by atoms with Crippen LogP contribution in [0.5, 0.6) is 5.75 Å². The number of hydrogen-bond donors (Lipinski definition) is 1. The summed E-state index contributed by atoms with van der Waals surface area (Å²) in [6, 6.07) is 15.8. The molecule has 1 N–H and O–H groups in total. The van der Waals surface area contributed by atoms with Crippen molar-refractivity contribution in [2.24, 2.45) is 0 Å². The minimum absolute atomic E-state index is 0.0499. The summed E-state index contributed by atoms with van der Waals surface area (Å²) in [6.45, 7) is 1.50. The Hall–Kier alpha value is -3.98. The van der Waals surface area contributed by atoms with Crippen molar-refractivity contribution in [1.82, 2.24) is 4.98 Å². The third kappa shape index (κ3) is 6.05. The Labute approximate surface area is 192 Å². The number of rotatable bonds is 8. The molecule has 168 valence electrons. The van der Waals surface area contributed by atoms with Gasteiger partial charge < -0.3 is 19.2 Å². The standard InChI is InChI=1S/C24H19FN2O5S/c1-15-26-21(14-33-15)16-3-2-4-18(11-16)27-23(28)13-31-24(29)22-10-9-20(32-22)12-30-19-7-5-17(25)6-8-19/h2-11,14H,12-13H2,1H3,(H,27,28). The fraction of sp³-hybridized carbons (Fsp3) is 0.125. The average molecular weight is 466 g/mol. The average Bonchev–Trinajstić information content (AvgIpc) is 3.47. The van der Waals surface area contributed by atoms with Crippen LogP contribution in [0.25, 0.3) is 11.3 Å². The van der Waals surface area contributed by atoms with Crippen molar-refractivity contribution in [3.8, 4) is 17.0 Å². The fourth-order valence-corrected chi connectivity index (χ4v) is 3.52. The van der Waals surface area contributed by atoms with Crippen LogP contribution in [0.3, 0.4) is 0 Å². The summed E-state index contributed by atoms with van der Waals surface area (Å²) in [6.07, 6.45) is 0. The highest BCUT2D eigenvalue weighted by Crippen LogP contribution is 2.24. The van der Waals surface area contributed by atoms with Crippen LogP contribution in [-0.4, -0.2) is 23.5 Å². The molecule has 0 saturated heterocycles. The highest BCUT2D eigenvalue weighted by molar-refractivity contribution is 7.09. The molecule has 0 unspecified atom stereocenters. The molecule has 0 atom stereocenters. The number of aromatic nitrogens is 1. The Morgan fingerprint density at radius 3 is 2.70 bits per heavy atom. The molecule has 0 spiro atoms. The van der Waals surface area contributed by atoms with E-state index in [0.29, 0.717) is 17.2 Å². The molecule has 2 heterocycles. The first-order valence-electron chi connectivity index (χ1n) is 9.93. The zero-order valence-electron chi connectivity index (χ0n) is 17.5. The van der Waals surface area contributed by atoms with Crippen molar-refractivity contribution in [3.63, 3.8) is 0 Å². The molecule has 4 aromatic rings. The van der Waals surface area contributed by atoms with E-state index in [1.807, 2.05) is 24.4 Å². The molecule has 0 bridgehead atoms. The Morgan fingerprint density at radius 2 is 1.94 bits per heavy atom. The van der Waals surface area contributed by atoms with Gasteiger partial charge >= 0.3 is 5.97 Å². The van der Waals surface area contributed by atoms with Gasteiger partial charge in [0.2, 0.25) is 5.76 Å². The van der Waals surface area contributed by atoms with E-state index in [-0.39, 0.29) is 18.2 Å². The monoisotopic (exact) mass is 466 g/mol. The lowest BCUT2D eigenvalue weighted by Crippen LogP contribution is -2.20. The van der Waals surface area contributed by atoms with Crippen LogP contribution in [0, 0.1) is 12.7 Å². The number of carbonyl (C=O) groups excluding carboxylic acids is 2. The molecule has 0 fully saturated rings. The van der Waals surface area contributed by atoms with Crippen molar-refractivity contribution in [2.75, 3.05) is 11.9 Å². The SMILES string of the molecule is Cc1nc(-c2cccc(NC(=O)COC(=O)c3ccc(COc4ccc(F)cc4)o3)c2)cs1. The van der Waals surface area contributed by atoms with Crippen molar-refractivity contribution in [1.29, 1.82) is 0 Å². The molecule has 7 nitrogen and oxygen atoms in total. The van der Waals surface area contributed by atoms with Gasteiger partial charge in [-0.2, -0.15) is 0 Å². The number of esters is 1. The Balaban J connectivity index is 1.26. The second-order valence-corrected chi connectivity index (χ2v) is 8.03. The Bertz CT molecular complexity index is 1270. The number of nitrogens with zero attached hydrogens (tertiary/aromatic N) is 1. The third-order valence-corrected chi connectivity index (χ3v) is 5.23. The minimum atomic E-state index is -0.773. The molecule has 33 heavy (non-hydrogen) atoms. The first-order chi connectivity index (χ1) is 16.0. The summed E-state index contributed by atoms with van der Waals surface area (Å²) in [5, 5.41) is 5.59. The van der Waals surface area contributed by atoms with E-state index >= 15 is 0 Å². The lowest BCUT2D eigenvalue weighted by molar-refractivity contribution is -0.119. The highest BCUT2D eigenvalue weighted by atomic mass is 32.1. The van der Waals surface area contributed by atoms with E-state index < -0.39 is 18.5 Å². The van der Waals surface area contributed by atoms with Crippen LogP contribution >= 0.6 is 11.3 Å². The minimum Gasteiger partial charge on any atom is -0.486 e. The van der Waals surface area contributed by atoms with Crippen LogP contribution in [0.2, 0.25) is 0 Å². The van der Waals surface area contributed by atoms with Gasteiger partial charge in [-0.1, -0.05) is 12.1 Å². The summed E-state index contributed by atoms with van der Waals surface area (Å²) < 4.78 is 28.8. The maximum Gasteiger partial charge on any atom is 0.374 e. The van der Waals surface area contributed by atoms with Crippen LogP contribution in [0.15, 0.2) is 70.5 Å². The molecule has 2 aromatic heterocycles. The lowest BCUT2D eigenvalue weighted by atomic mass is 10.1. The number of carbonyl (C=O) groups is 2. The zero-order chi connectivity index (χ0) is 23.2. The number of thiazole rings is 1. The van der Waals surface area contributed by atoms with Crippen molar-refractivity contribution in [3.05, 3.63) is 88.4 Å². The van der Waals surface area contributed by atoms with Gasteiger partial charge in [0, 0.05) is 16.6 Å². The molecule has 1 amide bonds. The molecule has 0 aliphatic heterocycles. The number of ether oxygens (including phenoxy) is 2. The molecule has 4 rings (SSSR count). The van der Waals surface area contributed by atoms with Crippen molar-refractivity contribution >= 4 is 28.9 Å². The largest absolute Gasteiger partial charge is 0.486 e. The second kappa shape index (κ2) is 10.1. The molecule has 2 aromatic carbocycles. The van der Waals surface area contributed by atoms with E-state index in [0.717, 1.165) is 16.3 Å². The van der Waals surface area contributed by atoms with E-state index in [2.05, 4.69) is 10.3 Å². The van der Waals surface area contributed by atoms with E-state index in [4.69, 9.17) is 13.9 Å². The summed E-state index contributed by atoms with van der Waals surface area (Å²) in [5.41, 5.74) is 2.27. The number of halogens is 1. The summed E-state index contributed by atoms with van der Waals surface area (Å²) in [4.78, 5) is 28.8. The molecule has 0 saturated carbocycles. The van der Waals surface area contributed by atoms with Gasteiger partial charge in [-0.3, -0.25) is 4.79 Å². The van der Waals surface area contributed by atoms with E-state index in [1.54, 1.807) is 29.5 Å². The zero-order valence-corrected chi connectivity index (χ0v) is 18.4. The molecule has 0 radical (unpaired) electrons. The summed E-state index contributed by atoms with van der Waals surface area (Å²) in [7, 11) is 0. The third-order valence-electron chi connectivity index (χ3n) is 4.45. The molecular formula is C24H19FN2O5S. The van der Waals surface area contributed by atoms with Gasteiger partial charge in [0.05, 0.1) is 10.7 Å². The molecular weight excluding hydrogens is 447 g/mol. The smallest absolute Gasteiger partial charge is 0.374 e. The summed E-state index contributed by atoms with van der Waals surface area (Å²) >= 11 is 1.55. The fourth-order valence-electron chi connectivity index (χ4n) is 2.90. The first-order valence-corrected chi connectivity index (χ1v) is 10.8. The van der Waals surface area contributed by atoms with Crippen molar-refractivity contribution in [2.45, 2.75) is 13.5 Å². The number of nitrogens with one attached hydrogen (secondary N) is 1. The van der Waals surface area contributed by atoms with E-state index in [1.165, 1.54) is 30.3 Å². The summed E-state index contributed by atoms with van der Waals surface area (Å²) in [5.74, 6) is -0.836. The van der Waals surface area contributed by atoms with Gasteiger partial charge in [0.1, 0.15) is 23.9 Å². The maximum absolute atomic E-state index is 12.9. The van der Waals surface area contributed by atoms with Gasteiger partial charge in [-0.25, -0.2) is 14.2 Å². The number of hydrogen-bond acceptors (Lipinski definition) is 7. The van der Waals surface area contributed by atoms with Crippen LogP contribution < -0.4 is 10.1 Å². The lowest BCUT2D eigenvalue weighted by Gasteiger charge is -2.07. The van der Waals surface area contributed by atoms with E-state index in [9.17, 15) is 14.0 Å². The Kier molecular flexibility index (Phi) is 6.80. The number of benzene rings is 2. The van der Waals surface area contributed by atoms with Gasteiger partial charge in [-0.05, 0) is 55.5 Å². The number of anilines is 1. The van der Waals surface area contributed by atoms with Gasteiger partial charge in [0.15, 0.2) is 6.61 Å². The number of aryl methyl sites for hydroxylation is 1. The van der Waals surface area contributed by atoms with Crippen LogP contribution in [-0.2, 0) is 16.1 Å². The molecule has 0 aliphatic carbocycles. The van der Waals surface area contributed by atoms with Crippen LogP contribution in [0.1, 0.15) is 21.3 Å². The Morgan fingerprint density at radius 1 is 1.12 bits per heavy atom. The van der Waals surface area contributed by atoms with Crippen LogP contribution in [0.4, 0.5) is 10.1 Å². The normalized spacial score (nSPS) is 10.6. The van der Waals surface area contributed by atoms with Gasteiger partial charge in [0.25, 0.3) is 5.91 Å². The highest BCUT2D eigenvalue weighted by Gasteiger charge is 2.15. The maximum atomic E-state index is 12.9.